The van der Waals surface area contributed by atoms with Crippen LogP contribution in [0.2, 0.25) is 0 Å². The molecule has 2 rings (SSSR count). The number of carbonyl (C=O) groups is 2. The average Bonchev–Trinajstić information content (AvgIpc) is 2.66. The fourth-order valence-electron chi connectivity index (χ4n) is 2.31. The number of nitrogen functional groups attached to an aromatic ring is 1. The number of aromatic carboxylic acids is 1. The molecule has 0 aliphatic carbocycles. The van der Waals surface area contributed by atoms with E-state index in [1.807, 2.05) is 30.3 Å². The van der Waals surface area contributed by atoms with E-state index in [0.29, 0.717) is 0 Å². The first-order valence-corrected chi connectivity index (χ1v) is 8.18. The van der Waals surface area contributed by atoms with Crippen LogP contribution in [0.3, 0.4) is 0 Å². The number of ether oxygens (including phenoxy) is 1. The van der Waals surface area contributed by atoms with Gasteiger partial charge in [0, 0.05) is 18.3 Å². The van der Waals surface area contributed by atoms with Gasteiger partial charge in [0.15, 0.2) is 0 Å². The SMILES string of the molecule is Nc1ncc(C(=O)O)cc1C(O)C(O)CCNC(=O)OCc1ccccc1. The number of carboxylic acids is 1. The van der Waals surface area contributed by atoms with E-state index in [4.69, 9.17) is 15.6 Å². The molecule has 0 aliphatic heterocycles. The van der Waals surface area contributed by atoms with Gasteiger partial charge in [0.1, 0.15) is 18.5 Å². The first-order valence-electron chi connectivity index (χ1n) is 8.18. The van der Waals surface area contributed by atoms with E-state index < -0.39 is 24.3 Å². The van der Waals surface area contributed by atoms with E-state index in [9.17, 15) is 19.8 Å². The smallest absolute Gasteiger partial charge is 0.407 e. The van der Waals surface area contributed by atoms with E-state index in [0.717, 1.165) is 17.8 Å². The van der Waals surface area contributed by atoms with E-state index in [1.54, 1.807) is 0 Å². The molecule has 1 aromatic heterocycles. The van der Waals surface area contributed by atoms with Gasteiger partial charge in [-0.1, -0.05) is 30.3 Å². The second kappa shape index (κ2) is 9.51. The fraction of sp³-hybridized carbons (Fsp3) is 0.278. The zero-order valence-electron chi connectivity index (χ0n) is 14.4. The highest BCUT2D eigenvalue weighted by Crippen LogP contribution is 2.24. The topological polar surface area (TPSA) is 155 Å². The van der Waals surface area contributed by atoms with Crippen molar-refractivity contribution in [2.24, 2.45) is 0 Å². The van der Waals surface area contributed by atoms with Gasteiger partial charge in [-0.05, 0) is 18.1 Å². The molecule has 9 heteroatoms. The zero-order chi connectivity index (χ0) is 19.8. The van der Waals surface area contributed by atoms with Crippen LogP contribution in [0, 0.1) is 0 Å². The monoisotopic (exact) mass is 375 g/mol. The van der Waals surface area contributed by atoms with Crippen LogP contribution in [0.4, 0.5) is 10.6 Å². The Labute approximate surface area is 155 Å². The lowest BCUT2D eigenvalue weighted by Crippen LogP contribution is -2.30. The number of aliphatic hydroxyl groups excluding tert-OH is 2. The van der Waals surface area contributed by atoms with Gasteiger partial charge in [0.05, 0.1) is 11.7 Å². The predicted octanol–water partition coefficient (Wildman–Crippen LogP) is 1.07. The molecule has 0 fully saturated rings. The van der Waals surface area contributed by atoms with Gasteiger partial charge in [-0.25, -0.2) is 14.6 Å². The molecule has 0 spiro atoms. The molecule has 0 saturated heterocycles. The number of aliphatic hydroxyl groups is 2. The second-order valence-corrected chi connectivity index (χ2v) is 5.79. The van der Waals surface area contributed by atoms with Crippen LogP contribution >= 0.6 is 0 Å². The van der Waals surface area contributed by atoms with Crippen molar-refractivity contribution in [2.75, 3.05) is 12.3 Å². The molecule has 0 radical (unpaired) electrons. The molecular formula is C18H21N3O6. The van der Waals surface area contributed by atoms with Crippen molar-refractivity contribution in [3.05, 3.63) is 59.3 Å². The summed E-state index contributed by atoms with van der Waals surface area (Å²) in [6.45, 7) is 0.153. The Hall–Kier alpha value is -3.17. The van der Waals surface area contributed by atoms with Crippen LogP contribution in [0.15, 0.2) is 42.6 Å². The molecule has 1 heterocycles. The van der Waals surface area contributed by atoms with Crippen LogP contribution in [-0.2, 0) is 11.3 Å². The van der Waals surface area contributed by atoms with Crippen molar-refractivity contribution in [3.8, 4) is 0 Å². The molecule has 0 bridgehead atoms. The van der Waals surface area contributed by atoms with Crippen LogP contribution in [0.25, 0.3) is 0 Å². The van der Waals surface area contributed by atoms with Gasteiger partial charge in [-0.2, -0.15) is 0 Å². The Bertz CT molecular complexity index is 784. The molecule has 1 aromatic carbocycles. The summed E-state index contributed by atoms with van der Waals surface area (Å²) in [6.07, 6.45) is -2.33. The molecule has 27 heavy (non-hydrogen) atoms. The number of alkyl carbamates (subject to hydrolysis) is 1. The highest BCUT2D eigenvalue weighted by molar-refractivity contribution is 5.87. The van der Waals surface area contributed by atoms with Crippen molar-refractivity contribution in [2.45, 2.75) is 25.2 Å². The molecular weight excluding hydrogens is 354 g/mol. The van der Waals surface area contributed by atoms with Gasteiger partial charge in [0.25, 0.3) is 0 Å². The molecule has 2 aromatic rings. The van der Waals surface area contributed by atoms with E-state index in [1.165, 1.54) is 0 Å². The number of nitrogens with two attached hydrogens (primary N) is 1. The van der Waals surface area contributed by atoms with Crippen molar-refractivity contribution in [1.82, 2.24) is 10.3 Å². The summed E-state index contributed by atoms with van der Waals surface area (Å²) >= 11 is 0. The molecule has 2 unspecified atom stereocenters. The lowest BCUT2D eigenvalue weighted by molar-refractivity contribution is 0.0138. The number of aromatic nitrogens is 1. The van der Waals surface area contributed by atoms with Crippen LogP contribution in [0.1, 0.15) is 34.0 Å². The lowest BCUT2D eigenvalue weighted by Gasteiger charge is -2.19. The number of carboxylic acid groups (broad SMARTS) is 1. The van der Waals surface area contributed by atoms with E-state index in [2.05, 4.69) is 10.3 Å². The minimum absolute atomic E-state index is 0.00164. The minimum atomic E-state index is -1.45. The van der Waals surface area contributed by atoms with Gasteiger partial charge in [0.2, 0.25) is 0 Å². The molecule has 144 valence electrons. The Kier molecular flexibility index (Phi) is 7.09. The fourth-order valence-corrected chi connectivity index (χ4v) is 2.31. The van der Waals surface area contributed by atoms with Crippen molar-refractivity contribution in [1.29, 1.82) is 0 Å². The molecule has 0 saturated carbocycles. The first-order chi connectivity index (χ1) is 12.9. The number of anilines is 1. The largest absolute Gasteiger partial charge is 0.478 e. The van der Waals surface area contributed by atoms with Gasteiger partial charge in [-0.15, -0.1) is 0 Å². The van der Waals surface area contributed by atoms with Gasteiger partial charge >= 0.3 is 12.1 Å². The average molecular weight is 375 g/mol. The summed E-state index contributed by atoms with van der Waals surface area (Å²) in [4.78, 5) is 26.3. The third-order valence-corrected chi connectivity index (χ3v) is 3.80. The number of benzene rings is 1. The normalized spacial score (nSPS) is 12.8. The molecule has 0 aliphatic rings. The second-order valence-electron chi connectivity index (χ2n) is 5.79. The van der Waals surface area contributed by atoms with Crippen LogP contribution < -0.4 is 11.1 Å². The zero-order valence-corrected chi connectivity index (χ0v) is 14.4. The summed E-state index contributed by atoms with van der Waals surface area (Å²) in [5, 5.41) is 31.7. The number of amides is 1. The maximum Gasteiger partial charge on any atom is 0.407 e. The number of pyridine rings is 1. The van der Waals surface area contributed by atoms with E-state index in [-0.39, 0.29) is 36.5 Å². The minimum Gasteiger partial charge on any atom is -0.478 e. The standard InChI is InChI=1S/C18H21N3O6/c19-16-13(8-12(9-21-16)17(24)25)15(23)14(22)6-7-20-18(26)27-10-11-4-2-1-3-5-11/h1-5,8-9,14-15,22-23H,6-7,10H2,(H2,19,21)(H,20,26)(H,24,25). The maximum atomic E-state index is 11.6. The van der Waals surface area contributed by atoms with Crippen molar-refractivity contribution in [3.63, 3.8) is 0 Å². The van der Waals surface area contributed by atoms with Crippen LogP contribution in [-0.4, -0.2) is 45.0 Å². The number of carbonyl (C=O) groups excluding carboxylic acids is 1. The highest BCUT2D eigenvalue weighted by Gasteiger charge is 2.22. The van der Waals surface area contributed by atoms with Crippen molar-refractivity contribution < 1.29 is 29.6 Å². The molecule has 9 nitrogen and oxygen atoms in total. The third-order valence-electron chi connectivity index (χ3n) is 3.80. The summed E-state index contributed by atoms with van der Waals surface area (Å²) in [5.74, 6) is -1.31. The summed E-state index contributed by atoms with van der Waals surface area (Å²) in [6, 6.07) is 10.3. The summed E-state index contributed by atoms with van der Waals surface area (Å²) in [5.41, 5.74) is 6.32. The van der Waals surface area contributed by atoms with Gasteiger partial charge < -0.3 is 31.1 Å². The van der Waals surface area contributed by atoms with Crippen LogP contribution in [0.5, 0.6) is 0 Å². The molecule has 6 N–H and O–H groups in total. The number of hydrogen-bond acceptors (Lipinski definition) is 7. The first kappa shape index (κ1) is 20.1. The predicted molar refractivity (Wildman–Crippen MR) is 95.8 cm³/mol. The number of nitrogens with one attached hydrogen (secondary N) is 1. The number of nitrogens with zero attached hydrogens (tertiary/aromatic N) is 1. The van der Waals surface area contributed by atoms with Gasteiger partial charge in [-0.3, -0.25) is 0 Å². The third kappa shape index (κ3) is 5.94. The Morgan fingerprint density at radius 2 is 1.93 bits per heavy atom. The Morgan fingerprint density at radius 3 is 2.59 bits per heavy atom. The quantitative estimate of drug-likeness (QED) is 0.459. The van der Waals surface area contributed by atoms with E-state index >= 15 is 0 Å². The summed E-state index contributed by atoms with van der Waals surface area (Å²) in [7, 11) is 0. The molecule has 1 amide bonds. The number of rotatable bonds is 8. The highest BCUT2D eigenvalue weighted by atomic mass is 16.5. The number of hydrogen-bond donors (Lipinski definition) is 5. The Balaban J connectivity index is 1.81. The molecule has 2 atom stereocenters. The van der Waals surface area contributed by atoms with Crippen molar-refractivity contribution >= 4 is 17.9 Å². The lowest BCUT2D eigenvalue weighted by atomic mass is 10.0. The maximum absolute atomic E-state index is 11.6. The Morgan fingerprint density at radius 1 is 1.22 bits per heavy atom. The summed E-state index contributed by atoms with van der Waals surface area (Å²) < 4.78 is 5.03.